The SMILES string of the molecule is CC(=O)O[C@H]1C(=O)CC2C3CCC4=CC(=O)CC[C@]4(C)C3CC[C@@]21C. The molecule has 0 aromatic heterocycles. The molecule has 0 bridgehead atoms. The third kappa shape index (κ3) is 2.36. The van der Waals surface area contributed by atoms with E-state index in [1.807, 2.05) is 6.08 Å². The molecule has 0 aromatic carbocycles. The minimum absolute atomic E-state index is 0.105. The highest BCUT2D eigenvalue weighted by atomic mass is 16.5. The summed E-state index contributed by atoms with van der Waals surface area (Å²) in [4.78, 5) is 36.0. The first-order valence-corrected chi connectivity index (χ1v) is 9.69. The van der Waals surface area contributed by atoms with Gasteiger partial charge in [-0.3, -0.25) is 14.4 Å². The first-order valence-electron chi connectivity index (χ1n) is 9.69. The van der Waals surface area contributed by atoms with Gasteiger partial charge in [-0.25, -0.2) is 0 Å². The molecular formula is C21H28O4. The number of rotatable bonds is 1. The van der Waals surface area contributed by atoms with Crippen molar-refractivity contribution in [2.75, 3.05) is 0 Å². The molecule has 4 nitrogen and oxygen atoms in total. The number of ketones is 2. The summed E-state index contributed by atoms with van der Waals surface area (Å²) >= 11 is 0. The maximum atomic E-state index is 12.6. The number of esters is 1. The van der Waals surface area contributed by atoms with Crippen LogP contribution in [0.5, 0.6) is 0 Å². The van der Waals surface area contributed by atoms with Crippen molar-refractivity contribution in [3.05, 3.63) is 11.6 Å². The molecular weight excluding hydrogens is 316 g/mol. The highest BCUT2D eigenvalue weighted by molar-refractivity contribution is 5.92. The Bertz CT molecular complexity index is 677. The number of carbonyl (C=O) groups is 3. The van der Waals surface area contributed by atoms with Crippen LogP contribution in [0.1, 0.15) is 65.7 Å². The summed E-state index contributed by atoms with van der Waals surface area (Å²) in [5.41, 5.74) is 1.24. The zero-order valence-electron chi connectivity index (χ0n) is 15.5. The summed E-state index contributed by atoms with van der Waals surface area (Å²) in [6.07, 6.45) is 7.52. The first-order chi connectivity index (χ1) is 11.8. The predicted octanol–water partition coefficient (Wildman–Crippen LogP) is 3.63. The lowest BCUT2D eigenvalue weighted by atomic mass is 9.47. The molecule has 0 saturated heterocycles. The number of hydrogen-bond acceptors (Lipinski definition) is 4. The number of Topliss-reactive ketones (excluding diaryl/α,β-unsaturated/α-hetero) is 1. The van der Waals surface area contributed by atoms with Gasteiger partial charge in [0, 0.05) is 25.2 Å². The second-order valence-corrected chi connectivity index (χ2v) is 9.17. The molecule has 4 rings (SSSR count). The van der Waals surface area contributed by atoms with E-state index in [-0.39, 0.29) is 28.4 Å². The molecule has 6 atom stereocenters. The van der Waals surface area contributed by atoms with Gasteiger partial charge in [0.1, 0.15) is 0 Å². The van der Waals surface area contributed by atoms with Gasteiger partial charge in [0.15, 0.2) is 17.7 Å². The van der Waals surface area contributed by atoms with Crippen molar-refractivity contribution in [1.82, 2.24) is 0 Å². The van der Waals surface area contributed by atoms with Crippen molar-refractivity contribution in [3.8, 4) is 0 Å². The molecule has 4 aliphatic rings. The number of allylic oxidation sites excluding steroid dienone is 1. The maximum Gasteiger partial charge on any atom is 0.303 e. The topological polar surface area (TPSA) is 60.4 Å². The lowest BCUT2D eigenvalue weighted by Crippen LogP contribution is -2.51. The van der Waals surface area contributed by atoms with Crippen LogP contribution >= 0.6 is 0 Å². The average Bonchev–Trinajstić information content (AvgIpc) is 2.79. The van der Waals surface area contributed by atoms with E-state index >= 15 is 0 Å². The Morgan fingerprint density at radius 2 is 1.88 bits per heavy atom. The number of hydrogen-bond donors (Lipinski definition) is 0. The van der Waals surface area contributed by atoms with Crippen molar-refractivity contribution < 1.29 is 19.1 Å². The smallest absolute Gasteiger partial charge is 0.303 e. The fourth-order valence-electron chi connectivity index (χ4n) is 6.67. The predicted molar refractivity (Wildman–Crippen MR) is 92.7 cm³/mol. The number of fused-ring (bicyclic) bond motifs is 5. The minimum atomic E-state index is -0.561. The van der Waals surface area contributed by atoms with E-state index in [9.17, 15) is 14.4 Å². The number of ether oxygens (including phenoxy) is 1. The van der Waals surface area contributed by atoms with Crippen LogP contribution in [0, 0.1) is 28.6 Å². The molecule has 0 aromatic rings. The van der Waals surface area contributed by atoms with E-state index in [4.69, 9.17) is 4.74 Å². The second kappa shape index (κ2) is 5.52. The Labute approximate surface area is 149 Å². The van der Waals surface area contributed by atoms with Crippen molar-refractivity contribution in [3.63, 3.8) is 0 Å². The standard InChI is InChI=1S/C21H28O4/c1-12(22)25-19-18(24)11-17-15-5-4-13-10-14(23)6-8-20(13,2)16(15)7-9-21(17,19)3/h10,15-17,19H,4-9,11H2,1-3H3/t15?,16?,17?,19-,20-,21-/m0/s1. The largest absolute Gasteiger partial charge is 0.454 e. The number of carbonyl (C=O) groups excluding carboxylic acids is 3. The van der Waals surface area contributed by atoms with Crippen molar-refractivity contribution >= 4 is 17.5 Å². The lowest BCUT2D eigenvalue weighted by Gasteiger charge is -2.57. The molecule has 0 heterocycles. The van der Waals surface area contributed by atoms with Crippen LogP contribution in [-0.2, 0) is 19.1 Å². The van der Waals surface area contributed by atoms with Crippen LogP contribution in [0.15, 0.2) is 11.6 Å². The highest BCUT2D eigenvalue weighted by Crippen LogP contribution is 2.65. The molecule has 0 aliphatic heterocycles. The first kappa shape index (κ1) is 17.0. The fraction of sp³-hybridized carbons (Fsp3) is 0.762. The van der Waals surface area contributed by atoms with Crippen LogP contribution in [-0.4, -0.2) is 23.6 Å². The van der Waals surface area contributed by atoms with Gasteiger partial charge in [-0.2, -0.15) is 0 Å². The minimum Gasteiger partial charge on any atom is -0.454 e. The van der Waals surface area contributed by atoms with E-state index in [0.717, 1.165) is 32.1 Å². The summed E-state index contributed by atoms with van der Waals surface area (Å²) in [5, 5.41) is 0. The summed E-state index contributed by atoms with van der Waals surface area (Å²) in [6.45, 7) is 5.89. The monoisotopic (exact) mass is 344 g/mol. The highest BCUT2D eigenvalue weighted by Gasteiger charge is 2.62. The second-order valence-electron chi connectivity index (χ2n) is 9.17. The molecule has 25 heavy (non-hydrogen) atoms. The van der Waals surface area contributed by atoms with Crippen molar-refractivity contribution in [2.24, 2.45) is 28.6 Å². The Morgan fingerprint density at radius 1 is 1.12 bits per heavy atom. The van der Waals surface area contributed by atoms with E-state index in [0.29, 0.717) is 30.6 Å². The van der Waals surface area contributed by atoms with E-state index < -0.39 is 6.10 Å². The van der Waals surface area contributed by atoms with Gasteiger partial charge in [-0.1, -0.05) is 19.4 Å². The molecule has 3 unspecified atom stereocenters. The molecule has 0 N–H and O–H groups in total. The van der Waals surface area contributed by atoms with Crippen LogP contribution < -0.4 is 0 Å². The van der Waals surface area contributed by atoms with Gasteiger partial charge < -0.3 is 4.74 Å². The quantitative estimate of drug-likeness (QED) is 0.682. The van der Waals surface area contributed by atoms with Crippen LogP contribution in [0.4, 0.5) is 0 Å². The van der Waals surface area contributed by atoms with Gasteiger partial charge >= 0.3 is 5.97 Å². The molecule has 3 fully saturated rings. The Balaban J connectivity index is 1.66. The van der Waals surface area contributed by atoms with Gasteiger partial charge in [0.2, 0.25) is 0 Å². The normalized spacial score (nSPS) is 46.0. The molecule has 0 amide bonds. The summed E-state index contributed by atoms with van der Waals surface area (Å²) in [6, 6.07) is 0. The molecule has 136 valence electrons. The summed E-state index contributed by atoms with van der Waals surface area (Å²) < 4.78 is 5.48. The zero-order chi connectivity index (χ0) is 18.0. The Kier molecular flexibility index (Phi) is 3.75. The summed E-state index contributed by atoms with van der Waals surface area (Å²) in [5.74, 6) is 1.38. The van der Waals surface area contributed by atoms with Gasteiger partial charge in [0.25, 0.3) is 0 Å². The Morgan fingerprint density at radius 3 is 2.60 bits per heavy atom. The molecule has 0 radical (unpaired) electrons. The van der Waals surface area contributed by atoms with Crippen molar-refractivity contribution in [1.29, 1.82) is 0 Å². The van der Waals surface area contributed by atoms with Crippen LogP contribution in [0.3, 0.4) is 0 Å². The zero-order valence-corrected chi connectivity index (χ0v) is 15.5. The van der Waals surface area contributed by atoms with Gasteiger partial charge in [-0.15, -0.1) is 0 Å². The van der Waals surface area contributed by atoms with E-state index in [2.05, 4.69) is 13.8 Å². The lowest BCUT2D eigenvalue weighted by molar-refractivity contribution is -0.161. The third-order valence-corrected chi connectivity index (χ3v) is 8.00. The van der Waals surface area contributed by atoms with Gasteiger partial charge in [0.05, 0.1) is 0 Å². The van der Waals surface area contributed by atoms with Crippen LogP contribution in [0.25, 0.3) is 0 Å². The molecule has 4 heteroatoms. The third-order valence-electron chi connectivity index (χ3n) is 8.00. The molecule has 4 aliphatic carbocycles. The average molecular weight is 344 g/mol. The molecule has 3 saturated carbocycles. The van der Waals surface area contributed by atoms with Crippen molar-refractivity contribution in [2.45, 2.75) is 71.8 Å². The van der Waals surface area contributed by atoms with E-state index in [1.54, 1.807) is 0 Å². The van der Waals surface area contributed by atoms with Gasteiger partial charge in [-0.05, 0) is 61.3 Å². The Hall–Kier alpha value is -1.45. The van der Waals surface area contributed by atoms with Crippen LogP contribution in [0.2, 0.25) is 0 Å². The molecule has 0 spiro atoms. The summed E-state index contributed by atoms with van der Waals surface area (Å²) in [7, 11) is 0. The van der Waals surface area contributed by atoms with E-state index in [1.165, 1.54) is 12.5 Å². The fourth-order valence-corrected chi connectivity index (χ4v) is 6.67. The maximum absolute atomic E-state index is 12.6.